The first-order chi connectivity index (χ1) is 15.1. The van der Waals surface area contributed by atoms with Gasteiger partial charge in [0.1, 0.15) is 11.6 Å². The van der Waals surface area contributed by atoms with Crippen molar-refractivity contribution in [2.45, 2.75) is 25.3 Å². The number of carbonyl (C=O) groups excluding carboxylic acids is 1. The number of ketones is 1. The Hall–Kier alpha value is -3.39. The number of halogens is 1. The lowest BCUT2D eigenvalue weighted by molar-refractivity contribution is -0.121. The zero-order chi connectivity index (χ0) is 21.4. The number of carbonyl (C=O) groups is 1. The molecule has 1 fully saturated rings. The standard InChI is InChI=1S/C23H19FN4O2S/c24-16-9-5-4-8-15(16)20-26-21(30)19-22(27-20)31-23(25-19)28-13-12-17(28)18(29)11-10-14-6-2-1-3-7-14/h1-9,17H,10-13H2,(H,26,27,30)/t17-/m1/s1. The van der Waals surface area contributed by atoms with Crippen molar-refractivity contribution in [2.24, 2.45) is 0 Å². The summed E-state index contributed by atoms with van der Waals surface area (Å²) >= 11 is 1.25. The van der Waals surface area contributed by atoms with Gasteiger partial charge in [-0.25, -0.2) is 14.4 Å². The number of nitrogens with zero attached hydrogens (tertiary/aromatic N) is 3. The molecule has 156 valence electrons. The van der Waals surface area contributed by atoms with Gasteiger partial charge in [0.15, 0.2) is 21.3 Å². The minimum absolute atomic E-state index is 0.170. The van der Waals surface area contributed by atoms with E-state index in [-0.39, 0.29) is 28.7 Å². The van der Waals surface area contributed by atoms with E-state index in [0.717, 1.165) is 12.0 Å². The van der Waals surface area contributed by atoms with E-state index in [0.29, 0.717) is 29.3 Å². The molecule has 6 nitrogen and oxygen atoms in total. The van der Waals surface area contributed by atoms with Gasteiger partial charge in [0, 0.05) is 13.0 Å². The van der Waals surface area contributed by atoms with Crippen LogP contribution in [0.5, 0.6) is 0 Å². The topological polar surface area (TPSA) is 79.0 Å². The van der Waals surface area contributed by atoms with E-state index < -0.39 is 11.4 Å². The van der Waals surface area contributed by atoms with E-state index >= 15 is 0 Å². The number of aromatic amines is 1. The molecule has 2 aromatic heterocycles. The maximum Gasteiger partial charge on any atom is 0.278 e. The van der Waals surface area contributed by atoms with Crippen LogP contribution in [0.15, 0.2) is 59.4 Å². The van der Waals surface area contributed by atoms with Gasteiger partial charge in [-0.15, -0.1) is 0 Å². The second-order valence-corrected chi connectivity index (χ2v) is 8.45. The van der Waals surface area contributed by atoms with E-state index in [2.05, 4.69) is 15.0 Å². The molecule has 0 amide bonds. The number of aryl methyl sites for hydroxylation is 1. The smallest absolute Gasteiger partial charge is 0.278 e. The first-order valence-corrected chi connectivity index (χ1v) is 10.9. The van der Waals surface area contributed by atoms with Crippen LogP contribution in [-0.4, -0.2) is 33.3 Å². The summed E-state index contributed by atoms with van der Waals surface area (Å²) in [5, 5.41) is 0.600. The molecule has 3 heterocycles. The van der Waals surface area contributed by atoms with E-state index in [4.69, 9.17) is 0 Å². The summed E-state index contributed by atoms with van der Waals surface area (Å²) in [6.07, 6.45) is 1.94. The monoisotopic (exact) mass is 434 g/mol. The van der Waals surface area contributed by atoms with Gasteiger partial charge in [-0.05, 0) is 30.5 Å². The molecule has 1 aliphatic heterocycles. The average Bonchev–Trinajstić information content (AvgIpc) is 3.16. The van der Waals surface area contributed by atoms with Gasteiger partial charge in [0.25, 0.3) is 5.56 Å². The third kappa shape index (κ3) is 3.74. The quantitative estimate of drug-likeness (QED) is 0.497. The molecule has 1 N–H and O–H groups in total. The van der Waals surface area contributed by atoms with Crippen molar-refractivity contribution in [1.82, 2.24) is 15.0 Å². The second-order valence-electron chi connectivity index (χ2n) is 7.49. The third-order valence-electron chi connectivity index (χ3n) is 5.53. The normalized spacial score (nSPS) is 15.8. The molecule has 1 atom stereocenters. The highest BCUT2D eigenvalue weighted by atomic mass is 32.1. The number of H-pyrrole nitrogens is 1. The molecule has 4 aromatic rings. The molecule has 31 heavy (non-hydrogen) atoms. The first-order valence-electron chi connectivity index (χ1n) is 10.1. The predicted octanol–water partition coefficient (Wildman–Crippen LogP) is 3.97. The minimum Gasteiger partial charge on any atom is -0.338 e. The number of benzene rings is 2. The molecule has 1 saturated heterocycles. The lowest BCUT2D eigenvalue weighted by atomic mass is 9.95. The molecule has 0 saturated carbocycles. The van der Waals surface area contributed by atoms with Crippen LogP contribution < -0.4 is 10.5 Å². The zero-order valence-corrected chi connectivity index (χ0v) is 17.4. The van der Waals surface area contributed by atoms with Crippen LogP contribution >= 0.6 is 11.3 Å². The Balaban J connectivity index is 1.38. The number of anilines is 1. The Morgan fingerprint density at radius 1 is 1.13 bits per heavy atom. The largest absolute Gasteiger partial charge is 0.338 e. The molecule has 0 unspecified atom stereocenters. The Morgan fingerprint density at radius 2 is 1.90 bits per heavy atom. The Labute approximate surface area is 181 Å². The zero-order valence-electron chi connectivity index (χ0n) is 16.5. The van der Waals surface area contributed by atoms with Gasteiger partial charge in [0.2, 0.25) is 0 Å². The van der Waals surface area contributed by atoms with Crippen molar-refractivity contribution >= 4 is 32.6 Å². The highest BCUT2D eigenvalue weighted by molar-refractivity contribution is 7.21. The summed E-state index contributed by atoms with van der Waals surface area (Å²) in [5.74, 6) is -0.116. The summed E-state index contributed by atoms with van der Waals surface area (Å²) in [6.45, 7) is 0.708. The molecule has 0 bridgehead atoms. The summed E-state index contributed by atoms with van der Waals surface area (Å²) < 4.78 is 14.1. The Kier molecular flexibility index (Phi) is 5.07. The molecule has 1 aliphatic rings. The predicted molar refractivity (Wildman–Crippen MR) is 119 cm³/mol. The Morgan fingerprint density at radius 3 is 2.65 bits per heavy atom. The van der Waals surface area contributed by atoms with Crippen LogP contribution in [0.3, 0.4) is 0 Å². The lowest BCUT2D eigenvalue weighted by Gasteiger charge is -2.39. The van der Waals surface area contributed by atoms with Crippen LogP contribution in [0, 0.1) is 5.82 Å². The third-order valence-corrected chi connectivity index (χ3v) is 6.51. The van der Waals surface area contributed by atoms with Crippen molar-refractivity contribution < 1.29 is 9.18 Å². The van der Waals surface area contributed by atoms with Gasteiger partial charge in [0.05, 0.1) is 11.6 Å². The van der Waals surface area contributed by atoms with Gasteiger partial charge in [-0.2, -0.15) is 0 Å². The van der Waals surface area contributed by atoms with Gasteiger partial charge >= 0.3 is 0 Å². The fourth-order valence-corrected chi connectivity index (χ4v) is 4.77. The molecular formula is C23H19FN4O2S. The molecule has 0 spiro atoms. The van der Waals surface area contributed by atoms with Gasteiger partial charge in [-0.3, -0.25) is 9.59 Å². The maximum absolute atomic E-state index is 14.1. The van der Waals surface area contributed by atoms with Crippen LogP contribution in [0.1, 0.15) is 18.4 Å². The Bertz CT molecular complexity index is 1320. The number of nitrogens with one attached hydrogen (secondary N) is 1. The minimum atomic E-state index is -0.457. The number of aromatic nitrogens is 3. The summed E-state index contributed by atoms with van der Waals surface area (Å²) in [4.78, 5) is 39.1. The van der Waals surface area contributed by atoms with Crippen molar-refractivity contribution in [3.05, 3.63) is 76.3 Å². The average molecular weight is 434 g/mol. The van der Waals surface area contributed by atoms with E-state index in [9.17, 15) is 14.0 Å². The molecular weight excluding hydrogens is 415 g/mol. The molecule has 2 aromatic carbocycles. The summed E-state index contributed by atoms with van der Waals surface area (Å²) in [7, 11) is 0. The number of hydrogen-bond donors (Lipinski definition) is 1. The van der Waals surface area contributed by atoms with Crippen molar-refractivity contribution in [3.8, 4) is 11.4 Å². The van der Waals surface area contributed by atoms with Crippen LogP contribution in [0.4, 0.5) is 9.52 Å². The van der Waals surface area contributed by atoms with E-state index in [1.165, 1.54) is 17.4 Å². The van der Waals surface area contributed by atoms with Crippen molar-refractivity contribution in [2.75, 3.05) is 11.4 Å². The molecule has 8 heteroatoms. The molecule has 0 aliphatic carbocycles. The molecule has 5 rings (SSSR count). The first kappa shape index (κ1) is 19.6. The van der Waals surface area contributed by atoms with Gasteiger partial charge < -0.3 is 9.88 Å². The van der Waals surface area contributed by atoms with Gasteiger partial charge in [-0.1, -0.05) is 53.8 Å². The van der Waals surface area contributed by atoms with Crippen molar-refractivity contribution in [3.63, 3.8) is 0 Å². The number of rotatable bonds is 6. The number of thiazole rings is 1. The van der Waals surface area contributed by atoms with Crippen LogP contribution in [0.25, 0.3) is 21.7 Å². The SMILES string of the molecule is O=C(CCc1ccccc1)[C@H]1CCN1c1nc2c(=O)[nH]c(-c3ccccc3F)nc2s1. The van der Waals surface area contributed by atoms with Crippen LogP contribution in [-0.2, 0) is 11.2 Å². The number of hydrogen-bond acceptors (Lipinski definition) is 6. The van der Waals surface area contributed by atoms with E-state index in [1.807, 2.05) is 35.2 Å². The number of Topliss-reactive ketones (excluding diaryl/α,β-unsaturated/α-hetero) is 1. The maximum atomic E-state index is 14.1. The lowest BCUT2D eigenvalue weighted by Crippen LogP contribution is -2.52. The highest BCUT2D eigenvalue weighted by Crippen LogP contribution is 2.34. The second kappa shape index (κ2) is 8.03. The fraction of sp³-hybridized carbons (Fsp3) is 0.217. The molecule has 0 radical (unpaired) electrons. The van der Waals surface area contributed by atoms with Crippen molar-refractivity contribution in [1.29, 1.82) is 0 Å². The van der Waals surface area contributed by atoms with Crippen LogP contribution in [0.2, 0.25) is 0 Å². The number of fused-ring (bicyclic) bond motifs is 1. The van der Waals surface area contributed by atoms with E-state index in [1.54, 1.807) is 18.2 Å². The summed E-state index contributed by atoms with van der Waals surface area (Å²) in [6, 6.07) is 15.9. The summed E-state index contributed by atoms with van der Waals surface area (Å²) in [5.41, 5.74) is 1.16. The fourth-order valence-electron chi connectivity index (χ4n) is 3.75. The highest BCUT2D eigenvalue weighted by Gasteiger charge is 2.35.